The molecule has 78 valence electrons. The van der Waals surface area contributed by atoms with Crippen molar-refractivity contribution in [2.24, 2.45) is 0 Å². The summed E-state index contributed by atoms with van der Waals surface area (Å²) in [6, 6.07) is 1.81. The third kappa shape index (κ3) is 1.45. The maximum absolute atomic E-state index is 5.82. The average Bonchev–Trinajstić information content (AvgIpc) is 2.82. The lowest BCUT2D eigenvalue weighted by Crippen LogP contribution is -2.18. The molecule has 0 unspecified atom stereocenters. The van der Waals surface area contributed by atoms with Gasteiger partial charge < -0.3 is 4.90 Å². The Morgan fingerprint density at radius 2 is 2.13 bits per heavy atom. The predicted molar refractivity (Wildman–Crippen MR) is 60.3 cm³/mol. The van der Waals surface area contributed by atoms with E-state index >= 15 is 0 Å². The third-order valence-corrected chi connectivity index (χ3v) is 3.01. The summed E-state index contributed by atoms with van der Waals surface area (Å²) in [5, 5.41) is 8.87. The highest BCUT2D eigenvalue weighted by atomic mass is 35.5. The first-order valence-electron chi connectivity index (χ1n) is 5.09. The van der Waals surface area contributed by atoms with Gasteiger partial charge in [-0.3, -0.25) is 5.10 Å². The van der Waals surface area contributed by atoms with Gasteiger partial charge in [0.15, 0.2) is 5.82 Å². The van der Waals surface area contributed by atoms with Gasteiger partial charge in [-0.15, -0.1) is 0 Å². The molecule has 1 saturated heterocycles. The number of nitrogens with one attached hydrogen (secondary N) is 1. The molecule has 1 aliphatic rings. The van der Waals surface area contributed by atoms with E-state index in [0.29, 0.717) is 5.15 Å². The fraction of sp³-hybridized carbons (Fsp3) is 0.400. The zero-order valence-corrected chi connectivity index (χ0v) is 8.96. The number of aromatic amines is 1. The number of anilines is 1. The fourth-order valence-electron chi connectivity index (χ4n) is 2.04. The molecule has 4 nitrogen and oxygen atoms in total. The summed E-state index contributed by atoms with van der Waals surface area (Å²) in [4.78, 5) is 6.38. The molecule has 0 amide bonds. The summed E-state index contributed by atoms with van der Waals surface area (Å²) < 4.78 is 0. The first-order valence-corrected chi connectivity index (χ1v) is 5.47. The molecule has 2 aromatic rings. The number of halogens is 1. The zero-order valence-electron chi connectivity index (χ0n) is 8.20. The number of rotatable bonds is 1. The number of fused-ring (bicyclic) bond motifs is 1. The van der Waals surface area contributed by atoms with Crippen molar-refractivity contribution in [1.82, 2.24) is 15.2 Å². The molecule has 1 N–H and O–H groups in total. The SMILES string of the molecule is Clc1cc2[nH]nc(N3CCCC3)c2cn1. The Morgan fingerprint density at radius 1 is 1.33 bits per heavy atom. The summed E-state index contributed by atoms with van der Waals surface area (Å²) >= 11 is 5.82. The van der Waals surface area contributed by atoms with Crippen molar-refractivity contribution < 1.29 is 0 Å². The van der Waals surface area contributed by atoms with Crippen LogP contribution >= 0.6 is 11.6 Å². The van der Waals surface area contributed by atoms with Gasteiger partial charge in [-0.25, -0.2) is 4.98 Å². The molecule has 2 aromatic heterocycles. The summed E-state index contributed by atoms with van der Waals surface area (Å²) in [6.07, 6.45) is 4.28. The van der Waals surface area contributed by atoms with Gasteiger partial charge in [-0.2, -0.15) is 5.10 Å². The Hall–Kier alpha value is -1.29. The van der Waals surface area contributed by atoms with Gasteiger partial charge in [0.1, 0.15) is 5.15 Å². The zero-order chi connectivity index (χ0) is 10.3. The minimum absolute atomic E-state index is 0.499. The molecule has 0 atom stereocenters. The lowest BCUT2D eigenvalue weighted by atomic mass is 10.3. The number of pyridine rings is 1. The first-order chi connectivity index (χ1) is 7.34. The number of aromatic nitrogens is 3. The van der Waals surface area contributed by atoms with E-state index in [1.807, 2.05) is 6.07 Å². The van der Waals surface area contributed by atoms with Crippen LogP contribution in [-0.4, -0.2) is 28.3 Å². The second kappa shape index (κ2) is 3.38. The quantitative estimate of drug-likeness (QED) is 0.753. The standard InChI is InChI=1S/C10H11ClN4/c11-9-5-8-7(6-12-9)10(14-13-8)15-3-1-2-4-15/h5-6H,1-4H2,(H,13,14). The Morgan fingerprint density at radius 3 is 2.93 bits per heavy atom. The number of hydrogen-bond donors (Lipinski definition) is 1. The molecule has 0 aliphatic carbocycles. The fourth-order valence-corrected chi connectivity index (χ4v) is 2.20. The van der Waals surface area contributed by atoms with Gasteiger partial charge >= 0.3 is 0 Å². The maximum Gasteiger partial charge on any atom is 0.159 e. The average molecular weight is 223 g/mol. The van der Waals surface area contributed by atoms with Crippen LogP contribution in [0.15, 0.2) is 12.3 Å². The van der Waals surface area contributed by atoms with Gasteiger partial charge in [0, 0.05) is 25.4 Å². The summed E-state index contributed by atoms with van der Waals surface area (Å²) in [6.45, 7) is 2.17. The van der Waals surface area contributed by atoms with Crippen LogP contribution in [0.25, 0.3) is 10.9 Å². The highest BCUT2D eigenvalue weighted by Crippen LogP contribution is 2.27. The molecule has 0 saturated carbocycles. The van der Waals surface area contributed by atoms with Crippen LogP contribution in [0.2, 0.25) is 5.15 Å². The summed E-state index contributed by atoms with van der Waals surface area (Å²) in [5.41, 5.74) is 0.955. The molecule has 3 heterocycles. The van der Waals surface area contributed by atoms with E-state index in [0.717, 1.165) is 29.8 Å². The van der Waals surface area contributed by atoms with Crippen LogP contribution in [0.3, 0.4) is 0 Å². The van der Waals surface area contributed by atoms with Gasteiger partial charge in [-0.05, 0) is 12.8 Å². The molecule has 0 bridgehead atoms. The van der Waals surface area contributed by atoms with Crippen LogP contribution in [0.5, 0.6) is 0 Å². The topological polar surface area (TPSA) is 44.8 Å². The largest absolute Gasteiger partial charge is 0.355 e. The second-order valence-corrected chi connectivity index (χ2v) is 4.18. The molecule has 1 fully saturated rings. The van der Waals surface area contributed by atoms with Gasteiger partial charge in [0.05, 0.1) is 10.9 Å². The normalized spacial score (nSPS) is 16.5. The highest BCUT2D eigenvalue weighted by Gasteiger charge is 2.17. The Balaban J connectivity index is 2.11. The lowest BCUT2D eigenvalue weighted by Gasteiger charge is -2.13. The van der Waals surface area contributed by atoms with Crippen LogP contribution in [-0.2, 0) is 0 Å². The van der Waals surface area contributed by atoms with Crippen LogP contribution < -0.4 is 4.90 Å². The molecular formula is C10H11ClN4. The van der Waals surface area contributed by atoms with Crippen molar-refractivity contribution in [3.8, 4) is 0 Å². The summed E-state index contributed by atoms with van der Waals surface area (Å²) in [5.74, 6) is 1.01. The van der Waals surface area contributed by atoms with Crippen molar-refractivity contribution >= 4 is 28.3 Å². The second-order valence-electron chi connectivity index (χ2n) is 3.79. The Kier molecular flexibility index (Phi) is 2.02. The highest BCUT2D eigenvalue weighted by molar-refractivity contribution is 6.30. The molecule has 0 radical (unpaired) electrons. The van der Waals surface area contributed by atoms with E-state index in [1.165, 1.54) is 12.8 Å². The number of H-pyrrole nitrogens is 1. The van der Waals surface area contributed by atoms with E-state index in [2.05, 4.69) is 20.1 Å². The van der Waals surface area contributed by atoms with E-state index < -0.39 is 0 Å². The van der Waals surface area contributed by atoms with Crippen molar-refractivity contribution in [1.29, 1.82) is 0 Å². The maximum atomic E-state index is 5.82. The van der Waals surface area contributed by atoms with Gasteiger partial charge in [-0.1, -0.05) is 11.6 Å². The van der Waals surface area contributed by atoms with Gasteiger partial charge in [0.2, 0.25) is 0 Å². The van der Waals surface area contributed by atoms with Crippen molar-refractivity contribution in [2.45, 2.75) is 12.8 Å². The van der Waals surface area contributed by atoms with Gasteiger partial charge in [0.25, 0.3) is 0 Å². The summed E-state index contributed by atoms with van der Waals surface area (Å²) in [7, 11) is 0. The van der Waals surface area contributed by atoms with E-state index in [-0.39, 0.29) is 0 Å². The van der Waals surface area contributed by atoms with E-state index in [4.69, 9.17) is 11.6 Å². The Labute approximate surface area is 92.2 Å². The molecule has 5 heteroatoms. The van der Waals surface area contributed by atoms with Crippen LogP contribution in [0, 0.1) is 0 Å². The smallest absolute Gasteiger partial charge is 0.159 e. The van der Waals surface area contributed by atoms with Crippen molar-refractivity contribution in [3.05, 3.63) is 17.4 Å². The molecular weight excluding hydrogens is 212 g/mol. The molecule has 1 aliphatic heterocycles. The molecule has 3 rings (SSSR count). The van der Waals surface area contributed by atoms with E-state index in [1.54, 1.807) is 6.20 Å². The third-order valence-electron chi connectivity index (χ3n) is 2.80. The molecule has 15 heavy (non-hydrogen) atoms. The first kappa shape index (κ1) is 8.97. The lowest BCUT2D eigenvalue weighted by molar-refractivity contribution is 0.926. The Bertz CT molecular complexity index is 487. The minimum atomic E-state index is 0.499. The number of nitrogens with zero attached hydrogens (tertiary/aromatic N) is 3. The monoisotopic (exact) mass is 222 g/mol. The number of hydrogen-bond acceptors (Lipinski definition) is 3. The van der Waals surface area contributed by atoms with Crippen molar-refractivity contribution in [2.75, 3.05) is 18.0 Å². The predicted octanol–water partition coefficient (Wildman–Crippen LogP) is 2.21. The molecule has 0 spiro atoms. The minimum Gasteiger partial charge on any atom is -0.355 e. The van der Waals surface area contributed by atoms with Crippen LogP contribution in [0.1, 0.15) is 12.8 Å². The van der Waals surface area contributed by atoms with E-state index in [9.17, 15) is 0 Å². The van der Waals surface area contributed by atoms with Crippen molar-refractivity contribution in [3.63, 3.8) is 0 Å². The molecule has 0 aromatic carbocycles. The van der Waals surface area contributed by atoms with Crippen LogP contribution in [0.4, 0.5) is 5.82 Å².